The van der Waals surface area contributed by atoms with Crippen LogP contribution in [0.25, 0.3) is 0 Å². The molecule has 1 rings (SSSR count). The Bertz CT molecular complexity index is 636. The Morgan fingerprint density at radius 1 is 1.38 bits per heavy atom. The average molecular weight is 295 g/mol. The maximum atomic E-state index is 12.2. The fourth-order valence-electron chi connectivity index (χ4n) is 1.83. The zero-order valence-electron chi connectivity index (χ0n) is 13.0. The number of carbonyl (C=O) groups excluding carboxylic acids is 1. The lowest BCUT2D eigenvalue weighted by molar-refractivity contribution is -0.147. The van der Waals surface area contributed by atoms with Gasteiger partial charge in [-0.15, -0.1) is 0 Å². The van der Waals surface area contributed by atoms with Gasteiger partial charge in [-0.25, -0.2) is 4.68 Å². The van der Waals surface area contributed by atoms with Gasteiger partial charge in [0.2, 0.25) is 0 Å². The summed E-state index contributed by atoms with van der Waals surface area (Å²) in [6.45, 7) is 6.61. The predicted octanol–water partition coefficient (Wildman–Crippen LogP) is 0.628. The fraction of sp³-hybridized carbons (Fsp3) is 0.571. The highest BCUT2D eigenvalue weighted by atomic mass is 16.4. The molecule has 7 nitrogen and oxygen atoms in total. The molecule has 1 atom stereocenters. The zero-order valence-corrected chi connectivity index (χ0v) is 13.0. The van der Waals surface area contributed by atoms with Crippen molar-refractivity contribution in [1.82, 2.24) is 15.1 Å². The summed E-state index contributed by atoms with van der Waals surface area (Å²) in [6.07, 6.45) is 0.370. The Kier molecular flexibility index (Phi) is 4.88. The number of carboxylic acid groups (broad SMARTS) is 1. The molecule has 21 heavy (non-hydrogen) atoms. The van der Waals surface area contributed by atoms with E-state index < -0.39 is 22.9 Å². The van der Waals surface area contributed by atoms with E-state index in [4.69, 9.17) is 0 Å². The Labute approximate surface area is 123 Å². The highest BCUT2D eigenvalue weighted by Gasteiger charge is 2.32. The molecule has 0 aromatic carbocycles. The van der Waals surface area contributed by atoms with Gasteiger partial charge in [0.15, 0.2) is 0 Å². The molecule has 7 heteroatoms. The van der Waals surface area contributed by atoms with Gasteiger partial charge in [0.1, 0.15) is 5.56 Å². The summed E-state index contributed by atoms with van der Waals surface area (Å²) in [5, 5.41) is 15.7. The largest absolute Gasteiger partial charge is 0.481 e. The lowest BCUT2D eigenvalue weighted by Crippen LogP contribution is -2.43. The standard InChI is InChI=1S/C14H21N3O4/c1-6-14(4,13(20)21)7-15-11(18)10-8(2)9(3)16-17(5)12(10)19/h6-7H2,1-5H3,(H,15,18)(H,20,21). The van der Waals surface area contributed by atoms with Crippen LogP contribution in [0.3, 0.4) is 0 Å². The lowest BCUT2D eigenvalue weighted by Gasteiger charge is -2.23. The third kappa shape index (κ3) is 3.29. The van der Waals surface area contributed by atoms with Crippen molar-refractivity contribution in [1.29, 1.82) is 0 Å². The molecule has 0 radical (unpaired) electrons. The van der Waals surface area contributed by atoms with E-state index in [2.05, 4.69) is 10.4 Å². The van der Waals surface area contributed by atoms with Crippen LogP contribution in [0.2, 0.25) is 0 Å². The smallest absolute Gasteiger partial charge is 0.311 e. The van der Waals surface area contributed by atoms with Crippen LogP contribution in [0.5, 0.6) is 0 Å². The van der Waals surface area contributed by atoms with Crippen LogP contribution < -0.4 is 10.9 Å². The van der Waals surface area contributed by atoms with Crippen LogP contribution in [0.1, 0.15) is 41.9 Å². The second-order valence-electron chi connectivity index (χ2n) is 5.42. The Morgan fingerprint density at radius 3 is 2.43 bits per heavy atom. The number of carboxylic acids is 1. The van der Waals surface area contributed by atoms with Crippen molar-refractivity contribution in [2.75, 3.05) is 6.54 Å². The van der Waals surface area contributed by atoms with E-state index in [-0.39, 0.29) is 12.1 Å². The van der Waals surface area contributed by atoms with E-state index in [1.807, 2.05) is 0 Å². The van der Waals surface area contributed by atoms with E-state index in [1.165, 1.54) is 7.05 Å². The first-order valence-corrected chi connectivity index (χ1v) is 6.70. The van der Waals surface area contributed by atoms with Gasteiger partial charge in [-0.3, -0.25) is 14.4 Å². The molecule has 1 unspecified atom stereocenters. The van der Waals surface area contributed by atoms with Crippen molar-refractivity contribution in [2.24, 2.45) is 12.5 Å². The number of aromatic nitrogens is 2. The predicted molar refractivity (Wildman–Crippen MR) is 77.3 cm³/mol. The number of hydrogen-bond donors (Lipinski definition) is 2. The SMILES string of the molecule is CCC(C)(CNC(=O)c1c(C)c(C)nn(C)c1=O)C(=O)O. The first kappa shape index (κ1) is 16.9. The number of rotatable bonds is 5. The van der Waals surface area contributed by atoms with E-state index in [0.717, 1.165) is 4.68 Å². The molecular weight excluding hydrogens is 274 g/mol. The van der Waals surface area contributed by atoms with Gasteiger partial charge < -0.3 is 10.4 Å². The molecule has 0 aliphatic rings. The minimum Gasteiger partial charge on any atom is -0.481 e. The second kappa shape index (κ2) is 6.07. The van der Waals surface area contributed by atoms with E-state index in [0.29, 0.717) is 17.7 Å². The maximum Gasteiger partial charge on any atom is 0.311 e. The molecule has 1 aromatic rings. The summed E-state index contributed by atoms with van der Waals surface area (Å²) in [4.78, 5) is 35.5. The molecule has 0 aliphatic heterocycles. The fourth-order valence-corrected chi connectivity index (χ4v) is 1.83. The minimum atomic E-state index is -1.06. The molecule has 1 amide bonds. The highest BCUT2D eigenvalue weighted by molar-refractivity contribution is 5.95. The first-order valence-electron chi connectivity index (χ1n) is 6.70. The van der Waals surface area contributed by atoms with Crippen molar-refractivity contribution in [2.45, 2.75) is 34.1 Å². The maximum absolute atomic E-state index is 12.2. The van der Waals surface area contributed by atoms with Crippen LogP contribution in [0.4, 0.5) is 0 Å². The van der Waals surface area contributed by atoms with Gasteiger partial charge in [0, 0.05) is 13.6 Å². The van der Waals surface area contributed by atoms with Crippen molar-refractivity contribution in [3.63, 3.8) is 0 Å². The first-order chi connectivity index (χ1) is 9.64. The van der Waals surface area contributed by atoms with Gasteiger partial charge >= 0.3 is 5.97 Å². The Hall–Kier alpha value is -2.18. The lowest BCUT2D eigenvalue weighted by atomic mass is 9.87. The normalized spacial score (nSPS) is 13.6. The number of carbonyl (C=O) groups is 2. The Balaban J connectivity index is 3.07. The van der Waals surface area contributed by atoms with E-state index >= 15 is 0 Å². The number of hydrogen-bond acceptors (Lipinski definition) is 4. The number of nitrogens with zero attached hydrogens (tertiary/aromatic N) is 2. The van der Waals surface area contributed by atoms with Crippen LogP contribution in [0, 0.1) is 19.3 Å². The van der Waals surface area contributed by atoms with Crippen molar-refractivity contribution < 1.29 is 14.7 Å². The molecule has 0 spiro atoms. The zero-order chi connectivity index (χ0) is 16.4. The second-order valence-corrected chi connectivity index (χ2v) is 5.42. The number of nitrogens with one attached hydrogen (secondary N) is 1. The number of amides is 1. The van der Waals surface area contributed by atoms with Gasteiger partial charge in [0.25, 0.3) is 11.5 Å². The molecule has 116 valence electrons. The molecule has 1 aromatic heterocycles. The molecule has 0 saturated heterocycles. The molecule has 1 heterocycles. The monoisotopic (exact) mass is 295 g/mol. The number of aliphatic carboxylic acids is 1. The van der Waals surface area contributed by atoms with Gasteiger partial charge in [-0.2, -0.15) is 5.10 Å². The van der Waals surface area contributed by atoms with Crippen molar-refractivity contribution >= 4 is 11.9 Å². The minimum absolute atomic E-state index is 0.00819. The quantitative estimate of drug-likeness (QED) is 0.829. The number of aryl methyl sites for hydroxylation is 2. The Morgan fingerprint density at radius 2 is 1.95 bits per heavy atom. The summed E-state index contributed by atoms with van der Waals surface area (Å²) >= 11 is 0. The molecule has 0 bridgehead atoms. The summed E-state index contributed by atoms with van der Waals surface area (Å²) in [7, 11) is 1.47. The van der Waals surface area contributed by atoms with Crippen LogP contribution in [0.15, 0.2) is 4.79 Å². The van der Waals surface area contributed by atoms with Gasteiger partial charge in [-0.05, 0) is 32.8 Å². The summed E-state index contributed by atoms with van der Waals surface area (Å²) in [6, 6.07) is 0. The molecule has 0 aliphatic carbocycles. The van der Waals surface area contributed by atoms with E-state index in [1.54, 1.807) is 27.7 Å². The molecule has 2 N–H and O–H groups in total. The van der Waals surface area contributed by atoms with Gasteiger partial charge in [-0.1, -0.05) is 6.92 Å². The average Bonchev–Trinajstić information content (AvgIpc) is 2.42. The van der Waals surface area contributed by atoms with Crippen molar-refractivity contribution in [3.8, 4) is 0 Å². The van der Waals surface area contributed by atoms with Crippen LogP contribution in [-0.2, 0) is 11.8 Å². The van der Waals surface area contributed by atoms with Crippen LogP contribution in [-0.4, -0.2) is 33.3 Å². The topological polar surface area (TPSA) is 101 Å². The third-order valence-corrected chi connectivity index (χ3v) is 3.89. The summed E-state index contributed by atoms with van der Waals surface area (Å²) in [5.41, 5.74) is -0.461. The molecule has 0 fully saturated rings. The third-order valence-electron chi connectivity index (χ3n) is 3.89. The summed E-state index contributed by atoms with van der Waals surface area (Å²) < 4.78 is 1.10. The van der Waals surface area contributed by atoms with Crippen LogP contribution >= 0.6 is 0 Å². The molecular formula is C14H21N3O4. The summed E-state index contributed by atoms with van der Waals surface area (Å²) in [5.74, 6) is -1.56. The van der Waals surface area contributed by atoms with E-state index in [9.17, 15) is 19.5 Å². The van der Waals surface area contributed by atoms with Crippen molar-refractivity contribution in [3.05, 3.63) is 27.2 Å². The highest BCUT2D eigenvalue weighted by Crippen LogP contribution is 2.20. The van der Waals surface area contributed by atoms with Gasteiger partial charge in [0.05, 0.1) is 11.1 Å². The molecule has 0 saturated carbocycles.